The summed E-state index contributed by atoms with van der Waals surface area (Å²) < 4.78 is 68.9. The molecule has 1 saturated heterocycles. The van der Waals surface area contributed by atoms with Crippen molar-refractivity contribution in [1.29, 1.82) is 0 Å². The molecule has 1 heterocycles. The Kier molecular flexibility index (Phi) is 3.80. The fraction of sp³-hybridized carbons (Fsp3) is 0.417. The van der Waals surface area contributed by atoms with Crippen LogP contribution in [0.2, 0.25) is 0 Å². The van der Waals surface area contributed by atoms with Gasteiger partial charge in [0.25, 0.3) is 11.6 Å². The molecule has 0 spiro atoms. The first kappa shape index (κ1) is 16.1. The van der Waals surface area contributed by atoms with Crippen molar-refractivity contribution in [2.24, 2.45) is 0 Å². The van der Waals surface area contributed by atoms with Crippen LogP contribution in [-0.4, -0.2) is 23.4 Å². The van der Waals surface area contributed by atoms with E-state index in [2.05, 4.69) is 0 Å². The van der Waals surface area contributed by atoms with Crippen LogP contribution in [0.1, 0.15) is 18.4 Å². The Labute approximate surface area is 120 Å². The van der Waals surface area contributed by atoms with E-state index in [-0.39, 0.29) is 6.07 Å². The average molecular weight is 324 g/mol. The molecule has 1 N–H and O–H groups in total. The Morgan fingerprint density at radius 3 is 2.50 bits per heavy atom. The van der Waals surface area contributed by atoms with Gasteiger partial charge in [-0.25, -0.2) is 22.0 Å². The lowest BCUT2D eigenvalue weighted by Crippen LogP contribution is -2.63. The maximum atomic E-state index is 14.1. The molecule has 1 atom stereocenters. The summed E-state index contributed by atoms with van der Waals surface area (Å²) in [6, 6.07) is 0.491. The summed E-state index contributed by atoms with van der Waals surface area (Å²) in [7, 11) is 0. The Morgan fingerprint density at radius 2 is 1.95 bits per heavy atom. The fourth-order valence-corrected chi connectivity index (χ4v) is 2.33. The highest BCUT2D eigenvalue weighted by Gasteiger charge is 2.60. The van der Waals surface area contributed by atoms with E-state index in [0.717, 1.165) is 0 Å². The Hall–Kier alpha value is -2.26. The number of non-ortho nitro benzene ring substituents is 1. The lowest BCUT2D eigenvalue weighted by molar-refractivity contribution is -0.385. The summed E-state index contributed by atoms with van der Waals surface area (Å²) in [5, 5.41) is 12.3. The SMILES string of the molecule is O=C1CCC(F)(F)C(CF)(c2cc([N+](=O)[O-])cc(F)c2F)N1. The zero-order valence-electron chi connectivity index (χ0n) is 10.8. The third kappa shape index (κ3) is 2.28. The van der Waals surface area contributed by atoms with E-state index >= 15 is 0 Å². The number of nitro groups is 1. The lowest BCUT2D eigenvalue weighted by Gasteiger charge is -2.42. The fourth-order valence-electron chi connectivity index (χ4n) is 2.33. The van der Waals surface area contributed by atoms with Gasteiger partial charge in [0.05, 0.1) is 11.0 Å². The van der Waals surface area contributed by atoms with Crippen molar-refractivity contribution in [2.75, 3.05) is 6.67 Å². The van der Waals surface area contributed by atoms with Crippen molar-refractivity contribution in [2.45, 2.75) is 24.3 Å². The van der Waals surface area contributed by atoms with Crippen LogP contribution in [0.3, 0.4) is 0 Å². The molecule has 0 aliphatic carbocycles. The average Bonchev–Trinajstić information content (AvgIpc) is 2.44. The normalized spacial score (nSPS) is 24.0. The first-order valence-corrected chi connectivity index (χ1v) is 6.03. The number of hydrogen-bond donors (Lipinski definition) is 1. The minimum Gasteiger partial charge on any atom is -0.339 e. The summed E-state index contributed by atoms with van der Waals surface area (Å²) >= 11 is 0. The monoisotopic (exact) mass is 324 g/mol. The number of halogens is 5. The van der Waals surface area contributed by atoms with Crippen molar-refractivity contribution in [3.8, 4) is 0 Å². The molecule has 0 radical (unpaired) electrons. The third-order valence-electron chi connectivity index (χ3n) is 3.53. The Morgan fingerprint density at radius 1 is 1.32 bits per heavy atom. The standard InChI is InChI=1S/C12H9F5N2O3/c13-5-11(12(16,17)2-1-9(20)18-11)7-3-6(19(21)22)4-8(14)10(7)15/h3-4H,1-2,5H2,(H,18,20). The minimum absolute atomic E-state index is 0.188. The van der Waals surface area contributed by atoms with Crippen LogP contribution in [0.25, 0.3) is 0 Å². The molecule has 1 fully saturated rings. The molecular formula is C12H9F5N2O3. The zero-order chi connectivity index (χ0) is 16.7. The number of alkyl halides is 3. The van der Waals surface area contributed by atoms with Crippen molar-refractivity contribution in [3.63, 3.8) is 0 Å². The van der Waals surface area contributed by atoms with Gasteiger partial charge in [-0.15, -0.1) is 0 Å². The minimum atomic E-state index is -3.95. The predicted molar refractivity (Wildman–Crippen MR) is 63.0 cm³/mol. The maximum absolute atomic E-state index is 14.1. The summed E-state index contributed by atoms with van der Waals surface area (Å²) in [5.74, 6) is -8.59. The number of carbonyl (C=O) groups excluding carboxylic acids is 1. The van der Waals surface area contributed by atoms with E-state index in [9.17, 15) is 36.9 Å². The molecule has 1 aromatic rings. The third-order valence-corrected chi connectivity index (χ3v) is 3.53. The molecule has 120 valence electrons. The van der Waals surface area contributed by atoms with E-state index in [4.69, 9.17) is 0 Å². The number of benzene rings is 1. The van der Waals surface area contributed by atoms with Gasteiger partial charge in [-0.05, 0) is 0 Å². The lowest BCUT2D eigenvalue weighted by atomic mass is 9.79. The highest BCUT2D eigenvalue weighted by atomic mass is 19.3. The van der Waals surface area contributed by atoms with Crippen molar-refractivity contribution < 1.29 is 31.7 Å². The smallest absolute Gasteiger partial charge is 0.278 e. The number of amides is 1. The summed E-state index contributed by atoms with van der Waals surface area (Å²) in [4.78, 5) is 20.9. The summed E-state index contributed by atoms with van der Waals surface area (Å²) in [6.45, 7) is -1.96. The van der Waals surface area contributed by atoms with Crippen LogP contribution in [0.15, 0.2) is 12.1 Å². The van der Waals surface area contributed by atoms with E-state index < -0.39 is 64.7 Å². The van der Waals surface area contributed by atoms with Gasteiger partial charge >= 0.3 is 0 Å². The topological polar surface area (TPSA) is 72.2 Å². The first-order chi connectivity index (χ1) is 10.1. The van der Waals surface area contributed by atoms with Crippen LogP contribution in [-0.2, 0) is 10.3 Å². The number of nitrogens with zero attached hydrogens (tertiary/aromatic N) is 1. The largest absolute Gasteiger partial charge is 0.339 e. The molecule has 0 saturated carbocycles. The molecule has 1 aliphatic rings. The molecule has 1 amide bonds. The highest BCUT2D eigenvalue weighted by Crippen LogP contribution is 2.46. The number of carbonyl (C=O) groups is 1. The summed E-state index contributed by atoms with van der Waals surface area (Å²) in [5.41, 5.74) is -5.50. The van der Waals surface area contributed by atoms with Gasteiger partial charge in [0.1, 0.15) is 6.67 Å². The van der Waals surface area contributed by atoms with Crippen molar-refractivity contribution in [1.82, 2.24) is 5.32 Å². The molecular weight excluding hydrogens is 315 g/mol. The molecule has 1 aromatic carbocycles. The molecule has 5 nitrogen and oxygen atoms in total. The molecule has 2 rings (SSSR count). The van der Waals surface area contributed by atoms with Crippen LogP contribution in [0, 0.1) is 21.7 Å². The van der Waals surface area contributed by atoms with Gasteiger partial charge in [-0.3, -0.25) is 14.9 Å². The van der Waals surface area contributed by atoms with Gasteiger partial charge in [-0.1, -0.05) is 0 Å². The van der Waals surface area contributed by atoms with Gasteiger partial charge in [0.15, 0.2) is 17.2 Å². The number of hydrogen-bond acceptors (Lipinski definition) is 3. The van der Waals surface area contributed by atoms with Crippen molar-refractivity contribution >= 4 is 11.6 Å². The second-order valence-corrected chi connectivity index (χ2v) is 4.84. The Bertz CT molecular complexity index is 652. The van der Waals surface area contributed by atoms with E-state index in [0.29, 0.717) is 6.07 Å². The molecule has 22 heavy (non-hydrogen) atoms. The molecule has 0 bridgehead atoms. The van der Waals surface area contributed by atoms with Gasteiger partial charge in [0, 0.05) is 24.5 Å². The maximum Gasteiger partial charge on any atom is 0.278 e. The summed E-state index contributed by atoms with van der Waals surface area (Å²) in [6.07, 6.45) is -1.72. The van der Waals surface area contributed by atoms with Gasteiger partial charge < -0.3 is 5.32 Å². The van der Waals surface area contributed by atoms with Crippen molar-refractivity contribution in [3.05, 3.63) is 39.4 Å². The van der Waals surface area contributed by atoms with Crippen LogP contribution >= 0.6 is 0 Å². The van der Waals surface area contributed by atoms with E-state index in [1.165, 1.54) is 0 Å². The number of rotatable bonds is 3. The van der Waals surface area contributed by atoms with Gasteiger partial charge in [0.2, 0.25) is 5.91 Å². The van der Waals surface area contributed by atoms with E-state index in [1.54, 1.807) is 5.32 Å². The number of nitro benzene ring substituents is 1. The molecule has 1 aliphatic heterocycles. The van der Waals surface area contributed by atoms with Gasteiger partial charge in [-0.2, -0.15) is 0 Å². The van der Waals surface area contributed by atoms with Crippen LogP contribution in [0.5, 0.6) is 0 Å². The molecule has 10 heteroatoms. The molecule has 1 unspecified atom stereocenters. The van der Waals surface area contributed by atoms with Crippen LogP contribution < -0.4 is 5.32 Å². The zero-order valence-corrected chi connectivity index (χ0v) is 10.8. The quantitative estimate of drug-likeness (QED) is 0.528. The molecule has 0 aromatic heterocycles. The Balaban J connectivity index is 2.74. The number of nitrogens with one attached hydrogen (secondary N) is 1. The second kappa shape index (κ2) is 5.18. The second-order valence-electron chi connectivity index (χ2n) is 4.84. The van der Waals surface area contributed by atoms with E-state index in [1.807, 2.05) is 0 Å². The first-order valence-electron chi connectivity index (χ1n) is 6.03. The highest BCUT2D eigenvalue weighted by molar-refractivity contribution is 5.78. The predicted octanol–water partition coefficient (Wildman–Crippen LogP) is 2.58. The van der Waals surface area contributed by atoms with Crippen LogP contribution in [0.4, 0.5) is 27.6 Å². The number of piperidine rings is 1.